The molecule has 1 aliphatic heterocycles. The Bertz CT molecular complexity index is 1560. The van der Waals surface area contributed by atoms with Gasteiger partial charge < -0.3 is 19.7 Å². The van der Waals surface area contributed by atoms with Gasteiger partial charge in [-0.25, -0.2) is 9.78 Å². The lowest BCUT2D eigenvalue weighted by Gasteiger charge is -2.32. The van der Waals surface area contributed by atoms with Gasteiger partial charge in [0.1, 0.15) is 23.2 Å². The van der Waals surface area contributed by atoms with Gasteiger partial charge in [0.05, 0.1) is 7.11 Å². The smallest absolute Gasteiger partial charge is 0.328 e. The van der Waals surface area contributed by atoms with Crippen LogP contribution in [0.2, 0.25) is 0 Å². The summed E-state index contributed by atoms with van der Waals surface area (Å²) >= 11 is 0. The molecule has 0 radical (unpaired) electrons. The third-order valence-corrected chi connectivity index (χ3v) is 7.60. The van der Waals surface area contributed by atoms with E-state index in [1.165, 1.54) is 7.11 Å². The molecule has 1 aliphatic rings. The molecule has 1 saturated heterocycles. The first kappa shape index (κ1) is 26.4. The normalized spacial score (nSPS) is 17.9. The van der Waals surface area contributed by atoms with Gasteiger partial charge in [0.25, 0.3) is 10.9 Å². The van der Waals surface area contributed by atoms with Crippen LogP contribution in [0.25, 0.3) is 10.8 Å². The average Bonchev–Trinajstić information content (AvgIpc) is 3.28. The van der Waals surface area contributed by atoms with Crippen molar-refractivity contribution in [3.8, 4) is 11.6 Å². The first-order valence-corrected chi connectivity index (χ1v) is 13.4. The number of pyridine rings is 1. The van der Waals surface area contributed by atoms with Gasteiger partial charge in [-0.3, -0.25) is 9.59 Å². The van der Waals surface area contributed by atoms with E-state index in [4.69, 9.17) is 9.47 Å². The molecular weight excluding hydrogens is 494 g/mol. The summed E-state index contributed by atoms with van der Waals surface area (Å²) in [5, 5.41) is 5.04. The molecule has 3 aromatic carbocycles. The minimum absolute atomic E-state index is 0.151. The SMILES string of the molecule is CCc1cc2ccccc2c(Oc2ccc(CC(Nc3c(N4C(C)CCC4C)c(=O)c3=O)C(=O)OC)cc2)n1. The van der Waals surface area contributed by atoms with Crippen LogP contribution in [0.5, 0.6) is 11.6 Å². The van der Waals surface area contributed by atoms with Crippen molar-refractivity contribution in [2.75, 3.05) is 17.3 Å². The van der Waals surface area contributed by atoms with Crippen LogP contribution in [0.4, 0.5) is 11.4 Å². The molecule has 202 valence electrons. The van der Waals surface area contributed by atoms with Crippen molar-refractivity contribution in [2.24, 2.45) is 0 Å². The third kappa shape index (κ3) is 5.11. The molecule has 8 heteroatoms. The molecule has 1 N–H and O–H groups in total. The topological polar surface area (TPSA) is 97.8 Å². The van der Waals surface area contributed by atoms with Crippen LogP contribution in [-0.4, -0.2) is 36.2 Å². The van der Waals surface area contributed by atoms with Gasteiger partial charge >= 0.3 is 5.97 Å². The Labute approximate surface area is 227 Å². The summed E-state index contributed by atoms with van der Waals surface area (Å²) < 4.78 is 11.2. The fourth-order valence-corrected chi connectivity index (χ4v) is 5.43. The molecule has 1 aromatic heterocycles. The summed E-state index contributed by atoms with van der Waals surface area (Å²) in [5.74, 6) is 0.655. The molecule has 39 heavy (non-hydrogen) atoms. The molecule has 0 bridgehead atoms. The molecule has 0 aliphatic carbocycles. The van der Waals surface area contributed by atoms with Crippen LogP contribution in [0.15, 0.2) is 64.2 Å². The van der Waals surface area contributed by atoms with E-state index >= 15 is 0 Å². The van der Waals surface area contributed by atoms with Crippen molar-refractivity contribution in [3.05, 3.63) is 86.3 Å². The first-order chi connectivity index (χ1) is 18.8. The van der Waals surface area contributed by atoms with Gasteiger partial charge in [0, 0.05) is 29.6 Å². The van der Waals surface area contributed by atoms with E-state index in [1.54, 1.807) is 0 Å². The number of esters is 1. The summed E-state index contributed by atoms with van der Waals surface area (Å²) in [6.07, 6.45) is 2.96. The fraction of sp³-hybridized carbons (Fsp3) is 0.355. The van der Waals surface area contributed by atoms with E-state index in [-0.39, 0.29) is 24.2 Å². The highest BCUT2D eigenvalue weighted by molar-refractivity contribution is 5.87. The number of benzene rings is 2. The molecule has 5 rings (SSSR count). The quantitative estimate of drug-likeness (QED) is 0.246. The molecule has 1 fully saturated rings. The van der Waals surface area contributed by atoms with Gasteiger partial charge in [0.15, 0.2) is 0 Å². The number of fused-ring (bicyclic) bond motifs is 1. The molecule has 0 amide bonds. The Balaban J connectivity index is 1.35. The van der Waals surface area contributed by atoms with Crippen LogP contribution in [0.3, 0.4) is 0 Å². The van der Waals surface area contributed by atoms with Gasteiger partial charge in [0.2, 0.25) is 5.88 Å². The second-order valence-electron chi connectivity index (χ2n) is 10.2. The highest BCUT2D eigenvalue weighted by atomic mass is 16.5. The third-order valence-electron chi connectivity index (χ3n) is 7.60. The van der Waals surface area contributed by atoms with Crippen LogP contribution >= 0.6 is 0 Å². The number of hydrogen-bond donors (Lipinski definition) is 1. The van der Waals surface area contributed by atoms with Crippen LogP contribution in [0.1, 0.15) is 44.9 Å². The Morgan fingerprint density at radius 2 is 1.74 bits per heavy atom. The highest BCUT2D eigenvalue weighted by Gasteiger charge is 2.37. The second-order valence-corrected chi connectivity index (χ2v) is 10.2. The average molecular weight is 528 g/mol. The minimum atomic E-state index is -0.830. The molecule has 3 atom stereocenters. The van der Waals surface area contributed by atoms with Crippen molar-refractivity contribution in [2.45, 2.75) is 64.6 Å². The van der Waals surface area contributed by atoms with Crippen LogP contribution in [0, 0.1) is 0 Å². The predicted molar refractivity (Wildman–Crippen MR) is 153 cm³/mol. The largest absolute Gasteiger partial charge is 0.467 e. The fourth-order valence-electron chi connectivity index (χ4n) is 5.43. The number of nitrogens with one attached hydrogen (secondary N) is 1. The zero-order valence-corrected chi connectivity index (χ0v) is 22.7. The number of hydrogen-bond acceptors (Lipinski definition) is 8. The maximum atomic E-state index is 12.7. The summed E-state index contributed by atoms with van der Waals surface area (Å²) in [7, 11) is 1.31. The van der Waals surface area contributed by atoms with Crippen molar-refractivity contribution in [1.29, 1.82) is 0 Å². The van der Waals surface area contributed by atoms with Crippen molar-refractivity contribution >= 4 is 28.1 Å². The Kier molecular flexibility index (Phi) is 7.37. The number of aromatic nitrogens is 1. The van der Waals surface area contributed by atoms with Gasteiger partial charge in [-0.15, -0.1) is 0 Å². The van der Waals surface area contributed by atoms with Gasteiger partial charge in [-0.2, -0.15) is 0 Å². The number of anilines is 2. The molecule has 0 spiro atoms. The number of carbonyl (C=O) groups is 1. The Hall–Kier alpha value is -4.20. The molecule has 3 unspecified atom stereocenters. The maximum Gasteiger partial charge on any atom is 0.328 e. The molecule has 0 saturated carbocycles. The Morgan fingerprint density at radius 3 is 2.41 bits per heavy atom. The molecule has 8 nitrogen and oxygen atoms in total. The first-order valence-electron chi connectivity index (χ1n) is 13.4. The number of aryl methyl sites for hydroxylation is 1. The van der Waals surface area contributed by atoms with E-state index in [0.29, 0.717) is 17.3 Å². The number of ether oxygens (including phenoxy) is 2. The maximum absolute atomic E-state index is 12.7. The number of nitrogens with zero attached hydrogens (tertiary/aromatic N) is 2. The molecular formula is C31H33N3O5. The van der Waals surface area contributed by atoms with E-state index in [0.717, 1.165) is 41.3 Å². The minimum Gasteiger partial charge on any atom is -0.467 e. The highest BCUT2D eigenvalue weighted by Crippen LogP contribution is 2.33. The van der Waals surface area contributed by atoms with Gasteiger partial charge in [-0.05, 0) is 68.3 Å². The zero-order chi connectivity index (χ0) is 27.7. The van der Waals surface area contributed by atoms with Crippen molar-refractivity contribution in [1.82, 2.24) is 4.98 Å². The second kappa shape index (κ2) is 10.9. The van der Waals surface area contributed by atoms with Crippen LogP contribution < -0.4 is 25.8 Å². The summed E-state index contributed by atoms with van der Waals surface area (Å²) in [6.45, 7) is 6.14. The number of rotatable bonds is 9. The van der Waals surface area contributed by atoms with E-state index in [1.807, 2.05) is 67.3 Å². The predicted octanol–water partition coefficient (Wildman–Crippen LogP) is 4.76. The standard InChI is InChI=1S/C31H33N3O5/c1-5-22-17-21-8-6-7-9-24(21)30(32-22)39-23-14-12-20(13-15-23)16-25(31(37)38-4)33-26-27(29(36)28(26)35)34-18(2)10-11-19(34)3/h6-9,12-15,17-19,25,33H,5,10-11,16H2,1-4H3. The molecule has 4 aromatic rings. The van der Waals surface area contributed by atoms with Crippen molar-refractivity contribution < 1.29 is 14.3 Å². The van der Waals surface area contributed by atoms with E-state index < -0.39 is 22.9 Å². The van der Waals surface area contributed by atoms with Crippen LogP contribution in [-0.2, 0) is 22.4 Å². The number of methoxy groups -OCH3 is 1. The molecule has 2 heterocycles. The van der Waals surface area contributed by atoms with Gasteiger partial charge in [-0.1, -0.05) is 37.3 Å². The Morgan fingerprint density at radius 1 is 1.05 bits per heavy atom. The summed E-state index contributed by atoms with van der Waals surface area (Å²) in [6, 6.07) is 16.9. The van der Waals surface area contributed by atoms with E-state index in [9.17, 15) is 14.4 Å². The summed E-state index contributed by atoms with van der Waals surface area (Å²) in [5.41, 5.74) is 1.27. The lowest BCUT2D eigenvalue weighted by atomic mass is 10.0. The van der Waals surface area contributed by atoms with E-state index in [2.05, 4.69) is 23.3 Å². The summed E-state index contributed by atoms with van der Waals surface area (Å²) in [4.78, 5) is 44.4. The lowest BCUT2D eigenvalue weighted by molar-refractivity contribution is -0.141. The van der Waals surface area contributed by atoms with Crippen molar-refractivity contribution in [3.63, 3.8) is 0 Å². The number of carbonyl (C=O) groups excluding carboxylic acids is 1. The zero-order valence-electron chi connectivity index (χ0n) is 22.7. The lowest BCUT2D eigenvalue weighted by Crippen LogP contribution is -2.48. The monoisotopic (exact) mass is 527 g/mol.